The maximum Gasteiger partial charge on any atom is 0.269 e. The Labute approximate surface area is 232 Å². The molecule has 1 aliphatic heterocycles. The van der Waals surface area contributed by atoms with Crippen LogP contribution >= 0.6 is 0 Å². The molecule has 0 N–H and O–H groups in total. The van der Waals surface area contributed by atoms with E-state index in [-0.39, 0.29) is 4.90 Å². The van der Waals surface area contributed by atoms with Crippen LogP contribution < -0.4 is 9.64 Å². The predicted molar refractivity (Wildman–Crippen MR) is 154 cm³/mol. The summed E-state index contributed by atoms with van der Waals surface area (Å²) in [5, 5.41) is 10.3. The Morgan fingerprint density at radius 1 is 0.925 bits per heavy atom. The fourth-order valence-electron chi connectivity index (χ4n) is 5.10. The lowest BCUT2D eigenvalue weighted by molar-refractivity contribution is 0.122. The molecule has 200 valence electrons. The Hall–Kier alpha value is -4.65. The molecule has 5 aromatic rings. The molecule has 2 aromatic heterocycles. The Morgan fingerprint density at radius 2 is 1.65 bits per heavy atom. The maximum atomic E-state index is 14.1. The summed E-state index contributed by atoms with van der Waals surface area (Å²) in [4.78, 5) is 6.96. The van der Waals surface area contributed by atoms with E-state index < -0.39 is 10.0 Å². The predicted octanol–water partition coefficient (Wildman–Crippen LogP) is 5.32. The first kappa shape index (κ1) is 25.6. The van der Waals surface area contributed by atoms with Crippen molar-refractivity contribution in [3.05, 3.63) is 96.7 Å². The van der Waals surface area contributed by atoms with E-state index in [0.29, 0.717) is 41.3 Å². The molecule has 8 nitrogen and oxygen atoms in total. The minimum Gasteiger partial charge on any atom is -0.495 e. The molecular weight excluding hydrogens is 524 g/mol. The second kappa shape index (κ2) is 10.5. The minimum atomic E-state index is -4.00. The van der Waals surface area contributed by atoms with Crippen molar-refractivity contribution in [1.29, 1.82) is 5.26 Å². The summed E-state index contributed by atoms with van der Waals surface area (Å²) in [5.41, 5.74) is 4.52. The molecule has 40 heavy (non-hydrogen) atoms. The average molecular weight is 551 g/mol. The van der Waals surface area contributed by atoms with Crippen LogP contribution in [0.25, 0.3) is 33.4 Å². The normalized spacial score (nSPS) is 13.8. The second-order valence-corrected chi connectivity index (χ2v) is 11.2. The van der Waals surface area contributed by atoms with Gasteiger partial charge >= 0.3 is 0 Å². The third kappa shape index (κ3) is 4.47. The van der Waals surface area contributed by atoms with Crippen LogP contribution in [0.15, 0.2) is 96.0 Å². The number of morpholine rings is 1. The zero-order chi connectivity index (χ0) is 27.7. The fraction of sp³-hybridized carbons (Fsp3) is 0.161. The zero-order valence-corrected chi connectivity index (χ0v) is 22.6. The summed E-state index contributed by atoms with van der Waals surface area (Å²) < 4.78 is 40.3. The topological polar surface area (TPSA) is 97.4 Å². The van der Waals surface area contributed by atoms with Crippen molar-refractivity contribution < 1.29 is 17.9 Å². The van der Waals surface area contributed by atoms with Gasteiger partial charge in [-0.3, -0.25) is 0 Å². The molecule has 0 spiro atoms. The van der Waals surface area contributed by atoms with E-state index >= 15 is 0 Å². The average Bonchev–Trinajstić information content (AvgIpc) is 3.42. The number of benzene rings is 3. The van der Waals surface area contributed by atoms with E-state index in [1.165, 1.54) is 11.1 Å². The van der Waals surface area contributed by atoms with Gasteiger partial charge in [0, 0.05) is 30.4 Å². The number of fused-ring (bicyclic) bond motifs is 1. The van der Waals surface area contributed by atoms with Gasteiger partial charge in [0.1, 0.15) is 11.8 Å². The standard InChI is InChI=1S/C31H26N4O4S/c1-38-30-12-9-23(19-24(30)21-32)27-13-14-33-31-28(27)20-29(35(31)40(36,37)26-5-3-2-4-6-26)22-7-10-25(11-8-22)34-15-17-39-18-16-34/h2-14,19-20H,15-18H2,1H3. The molecule has 1 saturated heterocycles. The number of rotatable bonds is 6. The second-order valence-electron chi connectivity index (χ2n) is 9.38. The number of hydrogen-bond acceptors (Lipinski definition) is 7. The summed E-state index contributed by atoms with van der Waals surface area (Å²) in [5.74, 6) is 0.474. The summed E-state index contributed by atoms with van der Waals surface area (Å²) >= 11 is 0. The molecule has 3 heterocycles. The van der Waals surface area contributed by atoms with E-state index in [1.807, 2.05) is 42.5 Å². The number of nitrogens with zero attached hydrogens (tertiary/aromatic N) is 4. The summed E-state index contributed by atoms with van der Waals surface area (Å²) in [6.07, 6.45) is 1.59. The number of pyridine rings is 1. The molecule has 0 saturated carbocycles. The third-order valence-electron chi connectivity index (χ3n) is 7.11. The van der Waals surface area contributed by atoms with E-state index in [0.717, 1.165) is 35.5 Å². The van der Waals surface area contributed by atoms with Gasteiger partial charge in [0.05, 0.1) is 36.5 Å². The molecule has 0 atom stereocenters. The smallest absolute Gasteiger partial charge is 0.269 e. The quantitative estimate of drug-likeness (QED) is 0.282. The van der Waals surface area contributed by atoms with Gasteiger partial charge in [0.15, 0.2) is 5.65 Å². The first-order valence-corrected chi connectivity index (χ1v) is 14.3. The Kier molecular flexibility index (Phi) is 6.72. The lowest BCUT2D eigenvalue weighted by atomic mass is 10.0. The number of aromatic nitrogens is 2. The van der Waals surface area contributed by atoms with Crippen LogP contribution in [0, 0.1) is 11.3 Å². The van der Waals surface area contributed by atoms with Crippen LogP contribution in [-0.2, 0) is 14.8 Å². The molecule has 0 unspecified atom stereocenters. The number of nitriles is 1. The summed E-state index contributed by atoms with van der Waals surface area (Å²) in [6.45, 7) is 2.97. The number of ether oxygens (including phenoxy) is 2. The van der Waals surface area contributed by atoms with Crippen LogP contribution in [0.4, 0.5) is 5.69 Å². The Bertz CT molecular complexity index is 1840. The van der Waals surface area contributed by atoms with Crippen molar-refractivity contribution >= 4 is 26.7 Å². The number of anilines is 1. The highest BCUT2D eigenvalue weighted by Gasteiger charge is 2.26. The molecule has 1 aliphatic rings. The molecule has 0 bridgehead atoms. The van der Waals surface area contributed by atoms with Crippen LogP contribution in [0.5, 0.6) is 5.75 Å². The molecule has 0 aliphatic carbocycles. The van der Waals surface area contributed by atoms with Gasteiger partial charge in [-0.05, 0) is 65.2 Å². The largest absolute Gasteiger partial charge is 0.495 e. The molecule has 3 aromatic carbocycles. The number of methoxy groups -OCH3 is 1. The highest BCUT2D eigenvalue weighted by molar-refractivity contribution is 7.90. The van der Waals surface area contributed by atoms with E-state index in [9.17, 15) is 13.7 Å². The molecule has 1 fully saturated rings. The van der Waals surface area contributed by atoms with Crippen LogP contribution in [0.1, 0.15) is 5.56 Å². The SMILES string of the molecule is COc1ccc(-c2ccnc3c2cc(-c2ccc(N4CCOCC4)cc2)n3S(=O)(=O)c2ccccc2)cc1C#N. The lowest BCUT2D eigenvalue weighted by Gasteiger charge is -2.28. The van der Waals surface area contributed by atoms with E-state index in [4.69, 9.17) is 9.47 Å². The maximum absolute atomic E-state index is 14.1. The van der Waals surface area contributed by atoms with E-state index in [2.05, 4.69) is 16.0 Å². The van der Waals surface area contributed by atoms with Crippen LogP contribution in [0.2, 0.25) is 0 Å². The zero-order valence-electron chi connectivity index (χ0n) is 21.8. The van der Waals surface area contributed by atoms with Crippen molar-refractivity contribution in [2.45, 2.75) is 4.90 Å². The molecular formula is C31H26N4O4S. The van der Waals surface area contributed by atoms with Gasteiger partial charge < -0.3 is 14.4 Å². The highest BCUT2D eigenvalue weighted by atomic mass is 32.2. The Morgan fingerprint density at radius 3 is 2.35 bits per heavy atom. The third-order valence-corrected chi connectivity index (χ3v) is 8.83. The van der Waals surface area contributed by atoms with Gasteiger partial charge in [-0.1, -0.05) is 36.4 Å². The molecule has 0 radical (unpaired) electrons. The van der Waals surface area contributed by atoms with Crippen LogP contribution in [-0.4, -0.2) is 50.8 Å². The highest BCUT2D eigenvalue weighted by Crippen LogP contribution is 2.38. The first-order chi connectivity index (χ1) is 19.5. The van der Waals surface area contributed by atoms with Gasteiger partial charge in [0.25, 0.3) is 10.0 Å². The molecule has 6 rings (SSSR count). The molecule has 0 amide bonds. The van der Waals surface area contributed by atoms with E-state index in [1.54, 1.807) is 48.7 Å². The van der Waals surface area contributed by atoms with Crippen molar-refractivity contribution in [3.8, 4) is 34.2 Å². The van der Waals surface area contributed by atoms with Crippen molar-refractivity contribution in [1.82, 2.24) is 8.96 Å². The van der Waals surface area contributed by atoms with Crippen molar-refractivity contribution in [3.63, 3.8) is 0 Å². The minimum absolute atomic E-state index is 0.169. The van der Waals surface area contributed by atoms with Gasteiger partial charge in [-0.25, -0.2) is 17.4 Å². The lowest BCUT2D eigenvalue weighted by Crippen LogP contribution is -2.36. The van der Waals surface area contributed by atoms with Crippen molar-refractivity contribution in [2.24, 2.45) is 0 Å². The van der Waals surface area contributed by atoms with Gasteiger partial charge in [-0.2, -0.15) is 5.26 Å². The molecule has 9 heteroatoms. The Balaban J connectivity index is 1.56. The van der Waals surface area contributed by atoms with Crippen molar-refractivity contribution in [2.75, 3.05) is 38.3 Å². The first-order valence-electron chi connectivity index (χ1n) is 12.8. The number of hydrogen-bond donors (Lipinski definition) is 0. The van der Waals surface area contributed by atoms with Crippen LogP contribution in [0.3, 0.4) is 0 Å². The van der Waals surface area contributed by atoms with Gasteiger partial charge in [0.2, 0.25) is 0 Å². The summed E-state index contributed by atoms with van der Waals surface area (Å²) in [7, 11) is -2.48. The monoisotopic (exact) mass is 550 g/mol. The summed E-state index contributed by atoms with van der Waals surface area (Å²) in [6, 6.07) is 27.5. The fourth-order valence-corrected chi connectivity index (χ4v) is 6.60. The van der Waals surface area contributed by atoms with Gasteiger partial charge in [-0.15, -0.1) is 0 Å².